The minimum atomic E-state index is 0. The molecule has 0 aliphatic heterocycles. The molecule has 0 bridgehead atoms. The molecule has 3 rings (SSSR count). The summed E-state index contributed by atoms with van der Waals surface area (Å²) in [4.78, 5) is 0. The van der Waals surface area contributed by atoms with Crippen LogP contribution in [0.4, 0.5) is 0 Å². The van der Waals surface area contributed by atoms with Crippen LogP contribution in [0, 0.1) is 0 Å². The number of rotatable bonds is 6. The van der Waals surface area contributed by atoms with Gasteiger partial charge in [-0.25, -0.2) is 9.13 Å². The average molecular weight is 524 g/mol. The van der Waals surface area contributed by atoms with Crippen LogP contribution in [0.15, 0.2) is 55.1 Å². The molecule has 0 amide bonds. The Labute approximate surface area is 218 Å². The molecule has 2 aromatic carbocycles. The summed E-state index contributed by atoms with van der Waals surface area (Å²) in [7, 11) is 0. The molecular weight excluding hydrogens is 487 g/mol. The van der Waals surface area contributed by atoms with Gasteiger partial charge in [-0.15, -0.1) is 0 Å². The monoisotopic (exact) mass is 522 g/mol. The first-order valence-corrected chi connectivity index (χ1v) is 11.1. The SMILES string of the molecule is CC(C)c1cccc(C(C)C)c1-n1cc[n+](-c2c(C(C)C)cccc2C(C)C)c1.[Cl-].[Cl-].[Cu+]. The smallest absolute Gasteiger partial charge is 1.00 e. The van der Waals surface area contributed by atoms with E-state index in [9.17, 15) is 0 Å². The summed E-state index contributed by atoms with van der Waals surface area (Å²) in [6, 6.07) is 13.5. The predicted molar refractivity (Wildman–Crippen MR) is 124 cm³/mol. The number of halogens is 2. The Morgan fingerprint density at radius 1 is 0.625 bits per heavy atom. The van der Waals surface area contributed by atoms with Crippen molar-refractivity contribution in [2.45, 2.75) is 79.1 Å². The third-order valence-electron chi connectivity index (χ3n) is 5.84. The molecule has 32 heavy (non-hydrogen) atoms. The van der Waals surface area contributed by atoms with Gasteiger partial charge in [0.05, 0.1) is 0 Å². The predicted octanol–water partition coefficient (Wildman–Crippen LogP) is 1.25. The van der Waals surface area contributed by atoms with Gasteiger partial charge < -0.3 is 24.8 Å². The van der Waals surface area contributed by atoms with Gasteiger partial charge in [-0.1, -0.05) is 91.8 Å². The molecule has 0 spiro atoms. The molecule has 0 radical (unpaired) electrons. The van der Waals surface area contributed by atoms with E-state index in [1.165, 1.54) is 33.6 Å². The van der Waals surface area contributed by atoms with Crippen molar-refractivity contribution in [2.75, 3.05) is 0 Å². The zero-order valence-electron chi connectivity index (χ0n) is 20.5. The molecule has 2 nitrogen and oxygen atoms in total. The Hall–Kier alpha value is -1.25. The number of hydrogen-bond donors (Lipinski definition) is 0. The van der Waals surface area contributed by atoms with Crippen LogP contribution in [0.3, 0.4) is 0 Å². The van der Waals surface area contributed by atoms with Crippen LogP contribution in [-0.4, -0.2) is 4.57 Å². The van der Waals surface area contributed by atoms with Crippen LogP contribution in [0.5, 0.6) is 0 Å². The van der Waals surface area contributed by atoms with E-state index < -0.39 is 0 Å². The van der Waals surface area contributed by atoms with E-state index in [4.69, 9.17) is 0 Å². The second kappa shape index (κ2) is 12.8. The molecule has 3 aromatic rings. The normalized spacial score (nSPS) is 10.9. The summed E-state index contributed by atoms with van der Waals surface area (Å²) in [6.45, 7) is 18.3. The molecule has 1 aromatic heterocycles. The standard InChI is InChI=1S/C27H37N2.2ClH.Cu/c1-18(2)22-11-9-12-23(19(3)4)26(22)28-15-16-29(17-28)27-24(20(5)6)13-10-14-25(27)21(7)8;;;/h9-21H,1-8H3;2*1H;/q+1;;;+1/p-2. The van der Waals surface area contributed by atoms with Gasteiger partial charge in [0.15, 0.2) is 0 Å². The van der Waals surface area contributed by atoms with Crippen LogP contribution >= 0.6 is 0 Å². The third kappa shape index (κ3) is 6.20. The first-order valence-electron chi connectivity index (χ1n) is 11.1. The maximum Gasteiger partial charge on any atom is 1.00 e. The summed E-state index contributed by atoms with van der Waals surface area (Å²) < 4.78 is 4.65. The van der Waals surface area contributed by atoms with E-state index >= 15 is 0 Å². The molecule has 0 saturated heterocycles. The largest absolute Gasteiger partial charge is 1.00 e. The second-order valence-corrected chi connectivity index (χ2v) is 9.42. The van der Waals surface area contributed by atoms with Gasteiger partial charge in [-0.3, -0.25) is 0 Å². The van der Waals surface area contributed by atoms with Gasteiger partial charge in [-0.05, 0) is 23.7 Å². The van der Waals surface area contributed by atoms with Crippen LogP contribution < -0.4 is 29.4 Å². The summed E-state index contributed by atoms with van der Waals surface area (Å²) in [5.41, 5.74) is 8.29. The molecule has 0 unspecified atom stereocenters. The zero-order chi connectivity index (χ0) is 21.3. The number of imidazole rings is 1. The topological polar surface area (TPSA) is 8.81 Å². The van der Waals surface area contributed by atoms with Crippen molar-refractivity contribution in [3.63, 3.8) is 0 Å². The molecule has 1 heterocycles. The minimum Gasteiger partial charge on any atom is -1.00 e. The van der Waals surface area contributed by atoms with Crippen molar-refractivity contribution >= 4 is 0 Å². The molecule has 5 heteroatoms. The first-order chi connectivity index (χ1) is 13.7. The Morgan fingerprint density at radius 3 is 1.38 bits per heavy atom. The van der Waals surface area contributed by atoms with Gasteiger partial charge in [0.2, 0.25) is 0 Å². The van der Waals surface area contributed by atoms with E-state index in [0.29, 0.717) is 23.7 Å². The Morgan fingerprint density at radius 2 is 1.00 bits per heavy atom. The molecular formula is C27H37Cl2CuN2. The molecule has 0 fully saturated rings. The summed E-state index contributed by atoms with van der Waals surface area (Å²) >= 11 is 0. The minimum absolute atomic E-state index is 0. The third-order valence-corrected chi connectivity index (χ3v) is 5.84. The van der Waals surface area contributed by atoms with Gasteiger partial charge in [0.25, 0.3) is 6.33 Å². The van der Waals surface area contributed by atoms with Gasteiger partial charge in [0, 0.05) is 22.3 Å². The fourth-order valence-electron chi connectivity index (χ4n) is 4.24. The summed E-state index contributed by atoms with van der Waals surface area (Å²) in [6.07, 6.45) is 6.70. The van der Waals surface area contributed by atoms with Crippen LogP contribution in [0.25, 0.3) is 11.4 Å². The van der Waals surface area contributed by atoms with Gasteiger partial charge in [0.1, 0.15) is 23.8 Å². The van der Waals surface area contributed by atoms with Gasteiger partial charge >= 0.3 is 17.1 Å². The maximum atomic E-state index is 2.33. The zero-order valence-corrected chi connectivity index (χ0v) is 22.9. The summed E-state index contributed by atoms with van der Waals surface area (Å²) in [5.74, 6) is 1.92. The quantitative estimate of drug-likeness (QED) is 0.340. The van der Waals surface area contributed by atoms with Crippen LogP contribution in [0.2, 0.25) is 0 Å². The summed E-state index contributed by atoms with van der Waals surface area (Å²) in [5, 5.41) is 0. The molecule has 0 N–H and O–H groups in total. The van der Waals surface area contributed by atoms with Gasteiger partial charge in [-0.2, -0.15) is 0 Å². The molecule has 0 aliphatic carbocycles. The van der Waals surface area contributed by atoms with Crippen molar-refractivity contribution in [3.8, 4) is 11.4 Å². The van der Waals surface area contributed by atoms with E-state index in [0.717, 1.165) is 0 Å². The van der Waals surface area contributed by atoms with Crippen molar-refractivity contribution in [2.24, 2.45) is 0 Å². The molecule has 0 saturated carbocycles. The number of nitrogens with zero attached hydrogens (tertiary/aromatic N) is 2. The van der Waals surface area contributed by atoms with E-state index in [-0.39, 0.29) is 41.9 Å². The van der Waals surface area contributed by atoms with Crippen molar-refractivity contribution in [1.29, 1.82) is 0 Å². The maximum absolute atomic E-state index is 2.33. The van der Waals surface area contributed by atoms with Crippen LogP contribution in [0.1, 0.15) is 101 Å². The first kappa shape index (κ1) is 30.7. The Bertz CT molecular complexity index is 861. The number of aromatic nitrogens is 2. The van der Waals surface area contributed by atoms with Crippen molar-refractivity contribution < 1.29 is 46.4 Å². The number of para-hydroxylation sites is 2. The number of hydrogen-bond acceptors (Lipinski definition) is 0. The van der Waals surface area contributed by atoms with Crippen LogP contribution in [-0.2, 0) is 17.1 Å². The average Bonchev–Trinajstić information content (AvgIpc) is 3.15. The fourth-order valence-corrected chi connectivity index (χ4v) is 4.24. The molecule has 0 atom stereocenters. The second-order valence-electron chi connectivity index (χ2n) is 9.42. The van der Waals surface area contributed by atoms with E-state index in [2.05, 4.69) is 120 Å². The molecule has 0 aliphatic rings. The fraction of sp³-hybridized carbons (Fsp3) is 0.444. The van der Waals surface area contributed by atoms with Crippen molar-refractivity contribution in [3.05, 3.63) is 77.4 Å². The van der Waals surface area contributed by atoms with Crippen molar-refractivity contribution in [1.82, 2.24) is 4.57 Å². The molecule has 180 valence electrons. The van der Waals surface area contributed by atoms with E-state index in [1.807, 2.05) is 0 Å². The Kier molecular flexibility index (Phi) is 12.3. The Balaban J connectivity index is 0.00000320. The number of benzene rings is 2. The van der Waals surface area contributed by atoms with E-state index in [1.54, 1.807) is 0 Å².